The lowest BCUT2D eigenvalue weighted by molar-refractivity contribution is -0.118. The van der Waals surface area contributed by atoms with Crippen molar-refractivity contribution in [3.05, 3.63) is 76.9 Å². The molecule has 0 aliphatic carbocycles. The highest BCUT2D eigenvalue weighted by Crippen LogP contribution is 2.42. The summed E-state index contributed by atoms with van der Waals surface area (Å²) < 4.78 is 28.0. The topological polar surface area (TPSA) is 74.2 Å². The van der Waals surface area contributed by atoms with Crippen molar-refractivity contribution in [2.75, 3.05) is 7.11 Å². The van der Waals surface area contributed by atoms with Crippen molar-refractivity contribution >= 4 is 45.0 Å². The van der Waals surface area contributed by atoms with Crippen LogP contribution in [0.5, 0.6) is 5.75 Å². The van der Waals surface area contributed by atoms with Crippen LogP contribution in [0.1, 0.15) is 114 Å². The lowest BCUT2D eigenvalue weighted by Gasteiger charge is -2.43. The normalized spacial score (nSPS) is 18.7. The molecule has 0 spiro atoms. The van der Waals surface area contributed by atoms with Gasteiger partial charge in [0.05, 0.1) is 38.1 Å². The molecule has 0 amide bonds. The number of hydrogen-bond donors (Lipinski definition) is 1. The van der Waals surface area contributed by atoms with Crippen LogP contribution < -0.4 is 4.74 Å². The smallest absolute Gasteiger partial charge is 0.192 e. The van der Waals surface area contributed by atoms with E-state index in [1.54, 1.807) is 19.3 Å². The molecule has 1 aromatic rings. The van der Waals surface area contributed by atoms with E-state index < -0.39 is 22.7 Å². The maximum atomic E-state index is 13.6. The summed E-state index contributed by atoms with van der Waals surface area (Å²) in [5.41, 5.74) is 1.04. The van der Waals surface area contributed by atoms with Gasteiger partial charge in [0.2, 0.25) is 0 Å². The molecule has 1 aromatic carbocycles. The van der Waals surface area contributed by atoms with E-state index in [1.807, 2.05) is 40.5 Å². The molecule has 0 saturated heterocycles. The van der Waals surface area contributed by atoms with Gasteiger partial charge in [-0.25, -0.2) is 0 Å². The Hall–Kier alpha value is -1.35. The van der Waals surface area contributed by atoms with Crippen LogP contribution in [-0.2, 0) is 25.0 Å². The van der Waals surface area contributed by atoms with Crippen molar-refractivity contribution in [2.45, 2.75) is 176 Å². The second-order valence-corrected chi connectivity index (χ2v) is 30.5. The molecule has 0 heterocycles. The molecule has 0 saturated carbocycles. The quantitative estimate of drug-likeness (QED) is 0.0432. The molecule has 58 heavy (non-hydrogen) atoms. The van der Waals surface area contributed by atoms with E-state index >= 15 is 0 Å². The Kier molecular flexibility index (Phi) is 23.5. The molecule has 1 rings (SSSR count). The molecular weight excluding hydrogens is 868 g/mol. The minimum atomic E-state index is -2.14. The van der Waals surface area contributed by atoms with Gasteiger partial charge in [-0.3, -0.25) is 4.79 Å². The van der Waals surface area contributed by atoms with E-state index in [4.69, 9.17) is 18.3 Å². The van der Waals surface area contributed by atoms with Gasteiger partial charge in [0.1, 0.15) is 5.75 Å². The minimum absolute atomic E-state index is 0.000319. The van der Waals surface area contributed by atoms with E-state index in [1.165, 1.54) is 0 Å². The number of carbonyl (C=O) groups is 1. The monoisotopic (exact) mass is 952 g/mol. The summed E-state index contributed by atoms with van der Waals surface area (Å²) in [6, 6.07) is 7.86. The maximum Gasteiger partial charge on any atom is 0.192 e. The molecule has 332 valence electrons. The number of methoxy groups -OCH3 is 1. The van der Waals surface area contributed by atoms with Crippen molar-refractivity contribution in [1.29, 1.82) is 0 Å². The molecule has 10 atom stereocenters. The van der Waals surface area contributed by atoms with Crippen LogP contribution in [0.15, 0.2) is 71.4 Å². The lowest BCUT2D eigenvalue weighted by atomic mass is 9.82. The Bertz CT molecular complexity index is 1440. The first-order valence-corrected chi connectivity index (χ1v) is 28.8. The van der Waals surface area contributed by atoms with Crippen LogP contribution in [0, 0.1) is 35.5 Å². The molecule has 0 aliphatic heterocycles. The van der Waals surface area contributed by atoms with Gasteiger partial charge in [0.15, 0.2) is 22.4 Å². The third-order valence-corrected chi connectivity index (χ3v) is 22.5. The molecule has 6 nitrogen and oxygen atoms in total. The van der Waals surface area contributed by atoms with E-state index in [0.29, 0.717) is 18.9 Å². The molecule has 0 radical (unpaired) electrons. The second kappa shape index (κ2) is 24.9. The fourth-order valence-corrected chi connectivity index (χ4v) is 10.4. The number of hydrogen-bond acceptors (Lipinski definition) is 6. The van der Waals surface area contributed by atoms with Crippen LogP contribution in [0.2, 0.25) is 36.3 Å². The predicted octanol–water partition coefficient (Wildman–Crippen LogP) is 13.9. The van der Waals surface area contributed by atoms with Crippen LogP contribution in [0.3, 0.4) is 0 Å². The number of aliphatic hydroxyl groups excluding tert-OH is 1. The average molecular weight is 953 g/mol. The fraction of sp³-hybridized carbons (Fsp3) is 0.694. The zero-order valence-electron chi connectivity index (χ0n) is 39.7. The number of benzene rings is 1. The molecule has 9 heteroatoms. The van der Waals surface area contributed by atoms with Gasteiger partial charge in [0.25, 0.3) is 0 Å². The van der Waals surface area contributed by atoms with Gasteiger partial charge < -0.3 is 23.4 Å². The Morgan fingerprint density at radius 2 is 1.38 bits per heavy atom. The average Bonchev–Trinajstić information content (AvgIpc) is 3.13. The van der Waals surface area contributed by atoms with Crippen molar-refractivity contribution in [3.8, 4) is 5.75 Å². The molecule has 0 bridgehead atoms. The Morgan fingerprint density at radius 1 is 0.810 bits per heavy atom. The summed E-state index contributed by atoms with van der Waals surface area (Å²) in [6.45, 7) is 40.4. The number of ketones is 1. The van der Waals surface area contributed by atoms with Crippen LogP contribution in [0.25, 0.3) is 0 Å². The molecule has 0 aliphatic rings. The van der Waals surface area contributed by atoms with Crippen molar-refractivity contribution in [1.82, 2.24) is 0 Å². The molecule has 0 unspecified atom stereocenters. The zero-order chi connectivity index (χ0) is 44.6. The highest BCUT2D eigenvalue weighted by atomic mass is 127. The molecular formula is C49H85IO6Si2. The van der Waals surface area contributed by atoms with Gasteiger partial charge in [-0.15, -0.1) is 0 Å². The Balaban J connectivity index is 3.26. The Morgan fingerprint density at radius 3 is 1.90 bits per heavy atom. The molecule has 0 fully saturated rings. The lowest BCUT2D eigenvalue weighted by Crippen LogP contribution is -2.48. The zero-order valence-corrected chi connectivity index (χ0v) is 43.9. The fourth-order valence-electron chi connectivity index (χ4n) is 6.84. The number of ether oxygens (including phenoxy) is 2. The van der Waals surface area contributed by atoms with E-state index in [9.17, 15) is 9.90 Å². The summed E-state index contributed by atoms with van der Waals surface area (Å²) in [6.07, 6.45) is 14.0. The Labute approximate surface area is 372 Å². The molecule has 1 N–H and O–H groups in total. The number of rotatable bonds is 26. The van der Waals surface area contributed by atoms with Gasteiger partial charge in [-0.2, -0.15) is 0 Å². The van der Waals surface area contributed by atoms with Crippen LogP contribution >= 0.6 is 22.6 Å². The van der Waals surface area contributed by atoms with Gasteiger partial charge in [0, 0.05) is 24.2 Å². The van der Waals surface area contributed by atoms with Crippen molar-refractivity contribution in [2.24, 2.45) is 35.5 Å². The highest BCUT2D eigenvalue weighted by Gasteiger charge is 2.43. The number of aliphatic hydroxyl groups is 1. The summed E-state index contributed by atoms with van der Waals surface area (Å²) in [7, 11) is -2.57. The second-order valence-electron chi connectivity index (χ2n) is 20.2. The first-order valence-electron chi connectivity index (χ1n) is 21.8. The van der Waals surface area contributed by atoms with Gasteiger partial charge in [-0.05, 0) is 101 Å². The standard InChI is InChI=1S/C49H85IO6Si2/c1-19-20-21-37(4)46(52)40(7)44(55-57(15,16)48(8,9)10)29-22-35(2)32-39(6)47(56-58(17,18)49(11,12)13)38(5)23-26-42(51)33-45(36(3)30-31-50)54-34-41-24-27-43(53-14)28-25-41/h19-21,23-28,30-31,35-40,44-47,52H,1,22,29,32-34H2,2-18H3/b21-20-,26-23-,31-30+/t35-,36+,37-,38-,39-,40-,44+,45-,46-,47+/m0/s1. The van der Waals surface area contributed by atoms with E-state index in [2.05, 4.69) is 151 Å². The summed E-state index contributed by atoms with van der Waals surface area (Å²) >= 11 is 2.23. The SMILES string of the molecule is C=C/C=C\[C@H](C)[C@H](O)[C@@H](C)[C@@H](CC[C@H](C)C[C@H](C)[C@H](O[Si](C)(C)C(C)(C)C)[C@@H](C)/C=C\C(=O)C[C@H](OCc1ccc(OC)cc1)[C@H](C)/C=C/I)O[Si](C)(C)C(C)(C)C. The third kappa shape index (κ3) is 18.3. The number of carbonyl (C=O) groups excluding carboxylic acids is 1. The first kappa shape index (κ1) is 54.7. The summed E-state index contributed by atoms with van der Waals surface area (Å²) in [5, 5.41) is 11.6. The number of halogens is 1. The maximum absolute atomic E-state index is 13.6. The number of allylic oxidation sites excluding steroid dienone is 3. The predicted molar refractivity (Wildman–Crippen MR) is 262 cm³/mol. The third-order valence-electron chi connectivity index (χ3n) is 13.1. The first-order chi connectivity index (χ1) is 26.7. The highest BCUT2D eigenvalue weighted by molar-refractivity contribution is 14.1. The van der Waals surface area contributed by atoms with Crippen LogP contribution in [-0.4, -0.2) is 59.1 Å². The van der Waals surface area contributed by atoms with Gasteiger partial charge >= 0.3 is 0 Å². The molecule has 0 aromatic heterocycles. The minimum Gasteiger partial charge on any atom is -0.497 e. The summed E-state index contributed by atoms with van der Waals surface area (Å²) in [5.74, 6) is 1.65. The largest absolute Gasteiger partial charge is 0.497 e. The summed E-state index contributed by atoms with van der Waals surface area (Å²) in [4.78, 5) is 13.6. The van der Waals surface area contributed by atoms with E-state index in [-0.39, 0.29) is 63.8 Å². The van der Waals surface area contributed by atoms with Gasteiger partial charge in [-0.1, -0.05) is 155 Å². The van der Waals surface area contributed by atoms with Crippen molar-refractivity contribution in [3.63, 3.8) is 0 Å². The van der Waals surface area contributed by atoms with E-state index in [0.717, 1.165) is 30.6 Å². The van der Waals surface area contributed by atoms with Crippen LogP contribution in [0.4, 0.5) is 0 Å². The van der Waals surface area contributed by atoms with Crippen molar-refractivity contribution < 1.29 is 28.2 Å².